The molecule has 1 heterocycles. The number of nitrogens with one attached hydrogen (secondary N) is 1. The van der Waals surface area contributed by atoms with Gasteiger partial charge in [0, 0.05) is 11.3 Å². The Labute approximate surface area is 110 Å². The minimum atomic E-state index is 0.248. The summed E-state index contributed by atoms with van der Waals surface area (Å²) in [6.45, 7) is 2.13. The molecule has 0 fully saturated rings. The van der Waals surface area contributed by atoms with Crippen LogP contribution in [0.15, 0.2) is 35.7 Å². The first-order valence-corrected chi connectivity index (χ1v) is 6.52. The summed E-state index contributed by atoms with van der Waals surface area (Å²) in [5.41, 5.74) is 7.69. The lowest BCUT2D eigenvalue weighted by Crippen LogP contribution is -2.18. The van der Waals surface area contributed by atoms with Gasteiger partial charge in [-0.3, -0.25) is 0 Å². The second-order valence-corrected chi connectivity index (χ2v) is 5.00. The van der Waals surface area contributed by atoms with Crippen molar-refractivity contribution in [3.05, 3.63) is 47.0 Å². The quantitative estimate of drug-likeness (QED) is 0.836. The van der Waals surface area contributed by atoms with E-state index in [4.69, 9.17) is 18.0 Å². The third-order valence-electron chi connectivity index (χ3n) is 2.50. The second-order valence-electron chi connectivity index (χ2n) is 3.70. The van der Waals surface area contributed by atoms with Crippen LogP contribution in [0, 0.1) is 0 Å². The molecule has 5 heteroatoms. The number of thiazole rings is 1. The minimum absolute atomic E-state index is 0.248. The predicted molar refractivity (Wildman–Crippen MR) is 76.5 cm³/mol. The number of rotatable bonds is 3. The lowest BCUT2D eigenvalue weighted by molar-refractivity contribution is 0.885. The van der Waals surface area contributed by atoms with Gasteiger partial charge in [-0.25, -0.2) is 4.98 Å². The van der Waals surface area contributed by atoms with Crippen molar-refractivity contribution < 1.29 is 0 Å². The number of nitrogens with zero attached hydrogens (tertiary/aromatic N) is 1. The van der Waals surface area contributed by atoms with Crippen molar-refractivity contribution in [2.75, 3.05) is 5.32 Å². The van der Waals surface area contributed by atoms with Gasteiger partial charge in [0.25, 0.3) is 0 Å². The first-order valence-electron chi connectivity index (χ1n) is 5.23. The van der Waals surface area contributed by atoms with Gasteiger partial charge >= 0.3 is 0 Å². The third-order valence-corrected chi connectivity index (χ3v) is 3.37. The SMILES string of the molecule is CC(c1ccccc1)c1csc(NC(N)=S)n1. The Morgan fingerprint density at radius 3 is 2.76 bits per heavy atom. The molecule has 0 saturated carbocycles. The molecule has 0 amide bonds. The first-order chi connectivity index (χ1) is 8.16. The highest BCUT2D eigenvalue weighted by Gasteiger charge is 2.12. The van der Waals surface area contributed by atoms with Crippen LogP contribution in [0.1, 0.15) is 24.1 Å². The molecule has 3 N–H and O–H groups in total. The average molecular weight is 263 g/mol. The monoisotopic (exact) mass is 263 g/mol. The second kappa shape index (κ2) is 5.25. The van der Waals surface area contributed by atoms with Crippen LogP contribution < -0.4 is 11.1 Å². The molecule has 1 aromatic carbocycles. The van der Waals surface area contributed by atoms with E-state index in [9.17, 15) is 0 Å². The van der Waals surface area contributed by atoms with Crippen molar-refractivity contribution in [3.8, 4) is 0 Å². The van der Waals surface area contributed by atoms with Gasteiger partial charge in [0.2, 0.25) is 0 Å². The summed E-state index contributed by atoms with van der Waals surface area (Å²) in [6, 6.07) is 10.3. The molecule has 0 aliphatic carbocycles. The molecule has 0 radical (unpaired) electrons. The van der Waals surface area contributed by atoms with Crippen molar-refractivity contribution in [2.24, 2.45) is 5.73 Å². The van der Waals surface area contributed by atoms with E-state index in [0.29, 0.717) is 0 Å². The van der Waals surface area contributed by atoms with E-state index in [2.05, 4.69) is 29.4 Å². The van der Waals surface area contributed by atoms with Crippen molar-refractivity contribution in [1.29, 1.82) is 0 Å². The molecule has 2 rings (SSSR count). The van der Waals surface area contributed by atoms with Crippen molar-refractivity contribution in [3.63, 3.8) is 0 Å². The molecule has 3 nitrogen and oxygen atoms in total. The third kappa shape index (κ3) is 3.01. The highest BCUT2D eigenvalue weighted by molar-refractivity contribution is 7.80. The van der Waals surface area contributed by atoms with Gasteiger partial charge < -0.3 is 11.1 Å². The zero-order valence-electron chi connectivity index (χ0n) is 9.38. The van der Waals surface area contributed by atoms with Crippen LogP contribution in [-0.2, 0) is 0 Å². The maximum absolute atomic E-state index is 5.41. The van der Waals surface area contributed by atoms with Crippen LogP contribution in [0.2, 0.25) is 0 Å². The summed E-state index contributed by atoms with van der Waals surface area (Å²) in [7, 11) is 0. The first kappa shape index (κ1) is 12.0. The van der Waals surface area contributed by atoms with Gasteiger partial charge in [-0.05, 0) is 17.8 Å². The Bertz CT molecular complexity index is 507. The Morgan fingerprint density at radius 1 is 1.41 bits per heavy atom. The fourth-order valence-corrected chi connectivity index (χ4v) is 2.54. The Balaban J connectivity index is 2.17. The van der Waals surface area contributed by atoms with Crippen LogP contribution in [0.25, 0.3) is 0 Å². The summed E-state index contributed by atoms with van der Waals surface area (Å²) in [5.74, 6) is 0.273. The van der Waals surface area contributed by atoms with Crippen LogP contribution in [0.4, 0.5) is 5.13 Å². The van der Waals surface area contributed by atoms with Gasteiger partial charge in [-0.15, -0.1) is 11.3 Å². The maximum atomic E-state index is 5.41. The molecule has 0 saturated heterocycles. The summed E-state index contributed by atoms with van der Waals surface area (Å²) in [4.78, 5) is 4.47. The normalized spacial score (nSPS) is 12.1. The van der Waals surface area contributed by atoms with Crippen LogP contribution in [0.5, 0.6) is 0 Å². The molecule has 0 aliphatic heterocycles. The van der Waals surface area contributed by atoms with E-state index in [1.165, 1.54) is 16.9 Å². The van der Waals surface area contributed by atoms with E-state index in [1.807, 2.05) is 23.6 Å². The van der Waals surface area contributed by atoms with E-state index in [-0.39, 0.29) is 11.0 Å². The Morgan fingerprint density at radius 2 is 2.12 bits per heavy atom. The fraction of sp³-hybridized carbons (Fsp3) is 0.167. The largest absolute Gasteiger partial charge is 0.376 e. The van der Waals surface area contributed by atoms with E-state index >= 15 is 0 Å². The van der Waals surface area contributed by atoms with Gasteiger partial charge in [-0.2, -0.15) is 0 Å². The van der Waals surface area contributed by atoms with E-state index in [0.717, 1.165) is 10.8 Å². The summed E-state index contributed by atoms with van der Waals surface area (Å²) in [5, 5.41) is 5.87. The topological polar surface area (TPSA) is 50.9 Å². The Kier molecular flexibility index (Phi) is 3.71. The highest BCUT2D eigenvalue weighted by Crippen LogP contribution is 2.27. The molecule has 1 aromatic heterocycles. The number of aromatic nitrogens is 1. The molecule has 1 atom stereocenters. The van der Waals surface area contributed by atoms with Crippen LogP contribution >= 0.6 is 23.6 Å². The number of hydrogen-bond acceptors (Lipinski definition) is 3. The molecular formula is C12H13N3S2. The summed E-state index contributed by atoms with van der Waals surface area (Å²) in [6.07, 6.45) is 0. The van der Waals surface area contributed by atoms with Crippen molar-refractivity contribution in [1.82, 2.24) is 4.98 Å². The smallest absolute Gasteiger partial charge is 0.189 e. The number of anilines is 1. The van der Waals surface area contributed by atoms with E-state index in [1.54, 1.807) is 0 Å². The maximum Gasteiger partial charge on any atom is 0.189 e. The average Bonchev–Trinajstić information content (AvgIpc) is 2.77. The zero-order chi connectivity index (χ0) is 12.3. The van der Waals surface area contributed by atoms with Crippen LogP contribution in [-0.4, -0.2) is 10.1 Å². The summed E-state index contributed by atoms with van der Waals surface area (Å²) >= 11 is 6.29. The molecule has 0 spiro atoms. The molecule has 2 aromatic rings. The highest BCUT2D eigenvalue weighted by atomic mass is 32.1. The number of thiocarbonyl (C=S) groups is 1. The summed E-state index contributed by atoms with van der Waals surface area (Å²) < 4.78 is 0. The molecule has 88 valence electrons. The van der Waals surface area contributed by atoms with Gasteiger partial charge in [0.05, 0.1) is 5.69 Å². The molecule has 0 aliphatic rings. The number of benzene rings is 1. The lowest BCUT2D eigenvalue weighted by Gasteiger charge is -2.08. The zero-order valence-corrected chi connectivity index (χ0v) is 11.0. The predicted octanol–water partition coefficient (Wildman–Crippen LogP) is 2.95. The van der Waals surface area contributed by atoms with E-state index < -0.39 is 0 Å². The molecular weight excluding hydrogens is 250 g/mol. The van der Waals surface area contributed by atoms with Gasteiger partial charge in [0.15, 0.2) is 10.2 Å². The lowest BCUT2D eigenvalue weighted by atomic mass is 9.99. The fourth-order valence-electron chi connectivity index (χ4n) is 1.56. The molecule has 17 heavy (non-hydrogen) atoms. The van der Waals surface area contributed by atoms with Crippen molar-refractivity contribution in [2.45, 2.75) is 12.8 Å². The number of hydrogen-bond donors (Lipinski definition) is 2. The van der Waals surface area contributed by atoms with Crippen LogP contribution in [0.3, 0.4) is 0 Å². The molecule has 1 unspecified atom stereocenters. The molecule has 0 bridgehead atoms. The van der Waals surface area contributed by atoms with Gasteiger partial charge in [-0.1, -0.05) is 37.3 Å². The van der Waals surface area contributed by atoms with Gasteiger partial charge in [0.1, 0.15) is 0 Å². The minimum Gasteiger partial charge on any atom is -0.376 e. The Hall–Kier alpha value is -1.46. The number of nitrogens with two attached hydrogens (primary N) is 1. The standard InChI is InChI=1S/C12H13N3S2/c1-8(9-5-3-2-4-6-9)10-7-17-12(14-10)15-11(13)16/h2-8H,1H3,(H3,13,14,15,16). The van der Waals surface area contributed by atoms with Crippen molar-refractivity contribution >= 4 is 33.8 Å².